The van der Waals surface area contributed by atoms with E-state index in [4.69, 9.17) is 27.9 Å². The van der Waals surface area contributed by atoms with E-state index in [1.165, 1.54) is 25.7 Å². The van der Waals surface area contributed by atoms with Crippen LogP contribution >= 0.6 is 23.2 Å². The standard InChI is InChI=1S/C16H20Cl2N2O/c17-9-8-15-19-16-13(18)6-3-7-14(16)20(15)10-11-21-12-4-1-2-5-12/h3,6-7,12H,1-2,4-5,8-11H2. The third-order valence-electron chi connectivity index (χ3n) is 4.10. The molecule has 1 saturated carbocycles. The Morgan fingerprint density at radius 3 is 2.86 bits per heavy atom. The number of hydrogen-bond acceptors (Lipinski definition) is 2. The van der Waals surface area contributed by atoms with E-state index in [9.17, 15) is 0 Å². The summed E-state index contributed by atoms with van der Waals surface area (Å²) in [5.74, 6) is 1.55. The van der Waals surface area contributed by atoms with Crippen molar-refractivity contribution in [2.45, 2.75) is 44.8 Å². The number of fused-ring (bicyclic) bond motifs is 1. The Hall–Kier alpha value is -0.770. The van der Waals surface area contributed by atoms with Crippen molar-refractivity contribution in [3.8, 4) is 0 Å². The highest BCUT2D eigenvalue weighted by molar-refractivity contribution is 6.34. The van der Waals surface area contributed by atoms with Crippen LogP contribution in [0.1, 0.15) is 31.5 Å². The van der Waals surface area contributed by atoms with Gasteiger partial charge in [-0.3, -0.25) is 0 Å². The lowest BCUT2D eigenvalue weighted by atomic mass is 10.3. The van der Waals surface area contributed by atoms with Gasteiger partial charge in [-0.1, -0.05) is 30.5 Å². The zero-order valence-electron chi connectivity index (χ0n) is 12.0. The van der Waals surface area contributed by atoms with Crippen molar-refractivity contribution in [1.29, 1.82) is 0 Å². The molecule has 3 nitrogen and oxygen atoms in total. The fourth-order valence-electron chi connectivity index (χ4n) is 3.05. The van der Waals surface area contributed by atoms with Crippen LogP contribution in [0, 0.1) is 0 Å². The number of ether oxygens (including phenoxy) is 1. The first-order valence-electron chi connectivity index (χ1n) is 7.61. The molecule has 0 bridgehead atoms. The second-order valence-electron chi connectivity index (χ2n) is 5.50. The molecule has 0 amide bonds. The lowest BCUT2D eigenvalue weighted by Crippen LogP contribution is -2.15. The summed E-state index contributed by atoms with van der Waals surface area (Å²) >= 11 is 12.1. The molecule has 2 aromatic rings. The monoisotopic (exact) mass is 326 g/mol. The molecule has 0 saturated heterocycles. The van der Waals surface area contributed by atoms with Crippen molar-refractivity contribution in [1.82, 2.24) is 9.55 Å². The van der Waals surface area contributed by atoms with E-state index in [-0.39, 0.29) is 0 Å². The number of aromatic nitrogens is 2. The molecule has 1 fully saturated rings. The molecule has 0 radical (unpaired) electrons. The number of rotatable bonds is 6. The number of para-hydroxylation sites is 1. The minimum atomic E-state index is 0.444. The fourth-order valence-corrected chi connectivity index (χ4v) is 3.43. The maximum atomic E-state index is 6.24. The molecule has 0 spiro atoms. The van der Waals surface area contributed by atoms with E-state index in [0.29, 0.717) is 17.0 Å². The summed E-state index contributed by atoms with van der Waals surface area (Å²) in [5.41, 5.74) is 1.93. The van der Waals surface area contributed by atoms with Crippen LogP contribution < -0.4 is 0 Å². The molecular weight excluding hydrogens is 307 g/mol. The quantitative estimate of drug-likeness (QED) is 0.734. The van der Waals surface area contributed by atoms with Gasteiger partial charge in [0.25, 0.3) is 0 Å². The van der Waals surface area contributed by atoms with Gasteiger partial charge in [0.05, 0.1) is 23.3 Å². The maximum absolute atomic E-state index is 6.24. The lowest BCUT2D eigenvalue weighted by molar-refractivity contribution is 0.0531. The zero-order valence-corrected chi connectivity index (χ0v) is 13.5. The van der Waals surface area contributed by atoms with Gasteiger partial charge in [-0.2, -0.15) is 0 Å². The molecule has 1 aliphatic carbocycles. The Kier molecular flexibility index (Phi) is 5.04. The van der Waals surface area contributed by atoms with Crippen LogP contribution in [0.25, 0.3) is 11.0 Å². The minimum Gasteiger partial charge on any atom is -0.376 e. The summed E-state index contributed by atoms with van der Waals surface area (Å²) in [6.45, 7) is 1.53. The van der Waals surface area contributed by atoms with Gasteiger partial charge in [-0.05, 0) is 25.0 Å². The van der Waals surface area contributed by atoms with Gasteiger partial charge in [0.1, 0.15) is 11.3 Å². The number of halogens is 2. The Bertz CT molecular complexity index is 606. The molecule has 114 valence electrons. The van der Waals surface area contributed by atoms with Crippen molar-refractivity contribution < 1.29 is 4.74 Å². The Labute approximate surface area is 135 Å². The Morgan fingerprint density at radius 1 is 1.29 bits per heavy atom. The van der Waals surface area contributed by atoms with Crippen LogP contribution in [0.5, 0.6) is 0 Å². The summed E-state index contributed by atoms with van der Waals surface area (Å²) in [6.07, 6.45) is 6.18. The van der Waals surface area contributed by atoms with E-state index >= 15 is 0 Å². The van der Waals surface area contributed by atoms with Crippen molar-refractivity contribution in [3.63, 3.8) is 0 Å². The molecule has 1 aliphatic rings. The highest BCUT2D eigenvalue weighted by Crippen LogP contribution is 2.25. The molecule has 3 rings (SSSR count). The Morgan fingerprint density at radius 2 is 2.10 bits per heavy atom. The average Bonchev–Trinajstić information content (AvgIpc) is 3.09. The molecule has 1 aromatic carbocycles. The van der Waals surface area contributed by atoms with Crippen LogP contribution in [0.2, 0.25) is 5.02 Å². The zero-order chi connectivity index (χ0) is 14.7. The van der Waals surface area contributed by atoms with Crippen LogP contribution in [-0.4, -0.2) is 28.1 Å². The van der Waals surface area contributed by atoms with Gasteiger partial charge in [0.2, 0.25) is 0 Å². The molecule has 0 N–H and O–H groups in total. The summed E-state index contributed by atoms with van der Waals surface area (Å²) in [4.78, 5) is 4.64. The van der Waals surface area contributed by atoms with Gasteiger partial charge >= 0.3 is 0 Å². The third-order valence-corrected chi connectivity index (χ3v) is 4.59. The van der Waals surface area contributed by atoms with E-state index < -0.39 is 0 Å². The normalized spacial score (nSPS) is 16.1. The summed E-state index contributed by atoms with van der Waals surface area (Å²) < 4.78 is 8.17. The van der Waals surface area contributed by atoms with Gasteiger partial charge in [-0.25, -0.2) is 4.98 Å². The minimum absolute atomic E-state index is 0.444. The van der Waals surface area contributed by atoms with E-state index in [1.54, 1.807) is 0 Å². The molecule has 1 heterocycles. The number of nitrogens with zero attached hydrogens (tertiary/aromatic N) is 2. The smallest absolute Gasteiger partial charge is 0.111 e. The van der Waals surface area contributed by atoms with Gasteiger partial charge in [-0.15, -0.1) is 11.6 Å². The van der Waals surface area contributed by atoms with Crippen LogP contribution in [-0.2, 0) is 17.7 Å². The first kappa shape index (κ1) is 15.1. The second-order valence-corrected chi connectivity index (χ2v) is 6.29. The molecule has 0 atom stereocenters. The number of benzene rings is 1. The predicted octanol–water partition coefficient (Wildman–Crippen LogP) is 4.43. The average molecular weight is 327 g/mol. The number of imidazole rings is 1. The van der Waals surface area contributed by atoms with Crippen molar-refractivity contribution in [2.75, 3.05) is 12.5 Å². The van der Waals surface area contributed by atoms with E-state index in [2.05, 4.69) is 15.6 Å². The first-order valence-corrected chi connectivity index (χ1v) is 8.52. The largest absolute Gasteiger partial charge is 0.376 e. The summed E-state index contributed by atoms with van der Waals surface area (Å²) in [6, 6.07) is 5.90. The van der Waals surface area contributed by atoms with E-state index in [0.717, 1.165) is 36.4 Å². The van der Waals surface area contributed by atoms with Crippen molar-refractivity contribution >= 4 is 34.2 Å². The predicted molar refractivity (Wildman–Crippen MR) is 87.4 cm³/mol. The third kappa shape index (κ3) is 3.36. The fraction of sp³-hybridized carbons (Fsp3) is 0.562. The summed E-state index contributed by atoms with van der Waals surface area (Å²) in [7, 11) is 0. The molecule has 0 unspecified atom stereocenters. The SMILES string of the molecule is ClCCc1nc2c(Cl)cccc2n1CCOC1CCCC1. The molecular formula is C16H20Cl2N2O. The molecule has 0 aliphatic heterocycles. The van der Waals surface area contributed by atoms with Crippen LogP contribution in [0.4, 0.5) is 0 Å². The van der Waals surface area contributed by atoms with Gasteiger partial charge in [0, 0.05) is 18.8 Å². The number of alkyl halides is 1. The van der Waals surface area contributed by atoms with E-state index in [1.807, 2.05) is 12.1 Å². The Balaban J connectivity index is 1.78. The molecule has 1 aromatic heterocycles. The lowest BCUT2D eigenvalue weighted by Gasteiger charge is -2.13. The number of aryl methyl sites for hydroxylation is 1. The number of hydrogen-bond donors (Lipinski definition) is 0. The second kappa shape index (κ2) is 6.99. The van der Waals surface area contributed by atoms with Gasteiger partial charge < -0.3 is 9.30 Å². The first-order chi connectivity index (χ1) is 10.3. The van der Waals surface area contributed by atoms with Crippen molar-refractivity contribution in [2.24, 2.45) is 0 Å². The van der Waals surface area contributed by atoms with Crippen LogP contribution in [0.3, 0.4) is 0 Å². The highest BCUT2D eigenvalue weighted by atomic mass is 35.5. The highest BCUT2D eigenvalue weighted by Gasteiger charge is 2.16. The van der Waals surface area contributed by atoms with Gasteiger partial charge in [0.15, 0.2) is 0 Å². The van der Waals surface area contributed by atoms with Crippen LogP contribution in [0.15, 0.2) is 18.2 Å². The maximum Gasteiger partial charge on any atom is 0.111 e. The molecule has 21 heavy (non-hydrogen) atoms. The van der Waals surface area contributed by atoms with Crippen molar-refractivity contribution in [3.05, 3.63) is 29.0 Å². The topological polar surface area (TPSA) is 27.1 Å². The summed E-state index contributed by atoms with van der Waals surface area (Å²) in [5, 5.41) is 0.693. The molecule has 5 heteroatoms.